The molecule has 2 N–H and O–H groups in total. The van der Waals surface area contributed by atoms with Crippen molar-refractivity contribution in [3.8, 4) is 10.8 Å². The highest BCUT2D eigenvalue weighted by Gasteiger charge is 2.18. The summed E-state index contributed by atoms with van der Waals surface area (Å²) >= 11 is 1.20. The number of hydrogen-bond acceptors (Lipinski definition) is 6. The summed E-state index contributed by atoms with van der Waals surface area (Å²) < 4.78 is 9.96. The highest BCUT2D eigenvalue weighted by atomic mass is 32.1. The van der Waals surface area contributed by atoms with E-state index >= 15 is 0 Å². The molecule has 0 aromatic carbocycles. The zero-order valence-corrected chi connectivity index (χ0v) is 9.63. The van der Waals surface area contributed by atoms with Crippen molar-refractivity contribution in [3.63, 3.8) is 0 Å². The van der Waals surface area contributed by atoms with Crippen molar-refractivity contribution in [2.75, 3.05) is 12.8 Å². The maximum Gasteiger partial charge on any atom is 0.359 e. The number of anilines is 1. The Hall–Kier alpha value is -1.82. The van der Waals surface area contributed by atoms with Crippen LogP contribution in [0.3, 0.4) is 0 Å². The summed E-state index contributed by atoms with van der Waals surface area (Å²) in [4.78, 5) is 15.4. The zero-order chi connectivity index (χ0) is 11.7. The molecule has 2 aromatic heterocycles. The quantitative estimate of drug-likeness (QED) is 0.810. The number of hydrogen-bond donors (Lipinski definition) is 1. The third kappa shape index (κ3) is 1.79. The fourth-order valence-corrected chi connectivity index (χ4v) is 2.01. The van der Waals surface area contributed by atoms with Crippen molar-refractivity contribution in [2.24, 2.45) is 0 Å². The van der Waals surface area contributed by atoms with Gasteiger partial charge < -0.3 is 14.9 Å². The lowest BCUT2D eigenvalue weighted by Crippen LogP contribution is -2.04. The van der Waals surface area contributed by atoms with E-state index in [0.29, 0.717) is 15.8 Å². The number of esters is 1. The highest BCUT2D eigenvalue weighted by molar-refractivity contribution is 7.19. The molecule has 0 saturated heterocycles. The van der Waals surface area contributed by atoms with Gasteiger partial charge in [-0.05, 0) is 19.1 Å². The first-order chi connectivity index (χ1) is 7.61. The average molecular weight is 238 g/mol. The topological polar surface area (TPSA) is 78.3 Å². The molecule has 0 unspecified atom stereocenters. The molecule has 0 aliphatic rings. The van der Waals surface area contributed by atoms with Gasteiger partial charge in [0.15, 0.2) is 16.5 Å². The molecule has 6 heteroatoms. The number of thiazole rings is 1. The van der Waals surface area contributed by atoms with Gasteiger partial charge in [0.2, 0.25) is 0 Å². The molecule has 0 saturated carbocycles. The highest BCUT2D eigenvalue weighted by Crippen LogP contribution is 2.31. The second-order valence-electron chi connectivity index (χ2n) is 3.13. The van der Waals surface area contributed by atoms with Crippen molar-refractivity contribution in [3.05, 3.63) is 23.6 Å². The van der Waals surface area contributed by atoms with Gasteiger partial charge >= 0.3 is 5.97 Å². The van der Waals surface area contributed by atoms with Crippen LogP contribution in [-0.2, 0) is 4.74 Å². The van der Waals surface area contributed by atoms with Gasteiger partial charge in [-0.3, -0.25) is 0 Å². The van der Waals surface area contributed by atoms with E-state index in [1.807, 2.05) is 13.0 Å². The molecule has 0 aliphatic carbocycles. The molecule has 0 amide bonds. The summed E-state index contributed by atoms with van der Waals surface area (Å²) in [6, 6.07) is 3.61. The third-order valence-corrected chi connectivity index (χ3v) is 2.88. The number of furan rings is 1. The predicted octanol–water partition coefficient (Wildman–Crippen LogP) is 2.08. The molecule has 0 radical (unpaired) electrons. The minimum absolute atomic E-state index is 0.136. The molecule has 84 valence electrons. The number of carbonyl (C=O) groups is 1. The van der Waals surface area contributed by atoms with Crippen molar-refractivity contribution in [2.45, 2.75) is 6.92 Å². The van der Waals surface area contributed by atoms with E-state index in [2.05, 4.69) is 9.72 Å². The van der Waals surface area contributed by atoms with Crippen molar-refractivity contribution >= 4 is 22.3 Å². The first-order valence-electron chi connectivity index (χ1n) is 4.53. The number of aryl methyl sites for hydroxylation is 1. The number of nitrogens with two attached hydrogens (primary N) is 1. The lowest BCUT2D eigenvalue weighted by molar-refractivity contribution is 0.0596. The summed E-state index contributed by atoms with van der Waals surface area (Å²) in [5, 5.41) is 0.905. The van der Waals surface area contributed by atoms with E-state index in [9.17, 15) is 4.79 Å². The van der Waals surface area contributed by atoms with Crippen molar-refractivity contribution in [1.82, 2.24) is 4.98 Å². The van der Waals surface area contributed by atoms with E-state index in [0.717, 1.165) is 5.76 Å². The van der Waals surface area contributed by atoms with E-state index in [1.54, 1.807) is 6.07 Å². The molecule has 16 heavy (non-hydrogen) atoms. The van der Waals surface area contributed by atoms with Gasteiger partial charge in [0.1, 0.15) is 10.8 Å². The molecular formula is C10H10N2O3S. The molecule has 0 fully saturated rings. The zero-order valence-electron chi connectivity index (χ0n) is 8.81. The Balaban J connectivity index is 2.41. The summed E-state index contributed by atoms with van der Waals surface area (Å²) in [6.07, 6.45) is 0. The van der Waals surface area contributed by atoms with Crippen LogP contribution in [0.1, 0.15) is 16.2 Å². The van der Waals surface area contributed by atoms with Gasteiger partial charge in [-0.15, -0.1) is 0 Å². The normalized spacial score (nSPS) is 10.4. The first-order valence-corrected chi connectivity index (χ1v) is 5.35. The lowest BCUT2D eigenvalue weighted by Gasteiger charge is -1.93. The van der Waals surface area contributed by atoms with Gasteiger partial charge in [0.25, 0.3) is 0 Å². The van der Waals surface area contributed by atoms with E-state index < -0.39 is 5.97 Å². The van der Waals surface area contributed by atoms with E-state index in [4.69, 9.17) is 10.2 Å². The maximum absolute atomic E-state index is 11.3. The fourth-order valence-electron chi connectivity index (χ4n) is 1.23. The molecular weight excluding hydrogens is 228 g/mol. The van der Waals surface area contributed by atoms with Crippen molar-refractivity contribution < 1.29 is 13.9 Å². The number of methoxy groups -OCH3 is 1. The lowest BCUT2D eigenvalue weighted by atomic mass is 10.4. The third-order valence-electron chi connectivity index (χ3n) is 1.98. The summed E-state index contributed by atoms with van der Waals surface area (Å²) in [5.41, 5.74) is 5.81. The Morgan fingerprint density at radius 1 is 1.56 bits per heavy atom. The smallest absolute Gasteiger partial charge is 0.359 e. The summed E-state index contributed by atoms with van der Waals surface area (Å²) in [6.45, 7) is 1.84. The van der Waals surface area contributed by atoms with Gasteiger partial charge in [0.05, 0.1) is 7.11 Å². The van der Waals surface area contributed by atoms with Crippen LogP contribution < -0.4 is 5.73 Å². The van der Waals surface area contributed by atoms with Crippen LogP contribution in [0, 0.1) is 6.92 Å². The fraction of sp³-hybridized carbons (Fsp3) is 0.200. The van der Waals surface area contributed by atoms with Gasteiger partial charge in [-0.1, -0.05) is 11.3 Å². The second-order valence-corrected chi connectivity index (χ2v) is 4.16. The van der Waals surface area contributed by atoms with Crippen LogP contribution in [-0.4, -0.2) is 18.1 Å². The van der Waals surface area contributed by atoms with Crippen LogP contribution in [0.15, 0.2) is 16.5 Å². The SMILES string of the molecule is COC(=O)c1nc(-c2ccc(C)o2)sc1N. The van der Waals surface area contributed by atoms with Crippen LogP contribution >= 0.6 is 11.3 Å². The molecule has 0 atom stereocenters. The molecule has 2 heterocycles. The minimum Gasteiger partial charge on any atom is -0.464 e. The largest absolute Gasteiger partial charge is 0.464 e. The Labute approximate surface area is 95.9 Å². The molecule has 0 bridgehead atoms. The van der Waals surface area contributed by atoms with E-state index in [-0.39, 0.29) is 5.69 Å². The molecule has 2 rings (SSSR count). The molecule has 0 spiro atoms. The van der Waals surface area contributed by atoms with E-state index in [1.165, 1.54) is 18.4 Å². The Morgan fingerprint density at radius 3 is 2.88 bits per heavy atom. The molecule has 0 aliphatic heterocycles. The average Bonchev–Trinajstić information content (AvgIpc) is 2.83. The van der Waals surface area contributed by atoms with Gasteiger partial charge in [-0.25, -0.2) is 9.78 Å². The van der Waals surface area contributed by atoms with Crippen molar-refractivity contribution in [1.29, 1.82) is 0 Å². The Bertz CT molecular complexity index is 530. The molecule has 5 nitrogen and oxygen atoms in total. The predicted molar refractivity (Wildman–Crippen MR) is 60.3 cm³/mol. The monoisotopic (exact) mass is 238 g/mol. The maximum atomic E-state index is 11.3. The van der Waals surface area contributed by atoms with Gasteiger partial charge in [0, 0.05) is 0 Å². The minimum atomic E-state index is -0.539. The number of aromatic nitrogens is 1. The van der Waals surface area contributed by atoms with Crippen LogP contribution in [0.2, 0.25) is 0 Å². The Kier molecular flexibility index (Phi) is 2.66. The molecule has 2 aromatic rings. The van der Waals surface area contributed by atoms with Crippen LogP contribution in [0.4, 0.5) is 5.00 Å². The number of nitrogens with zero attached hydrogens (tertiary/aromatic N) is 1. The first kappa shape index (κ1) is 10.7. The summed E-state index contributed by atoms with van der Waals surface area (Å²) in [7, 11) is 1.29. The number of ether oxygens (including phenoxy) is 1. The van der Waals surface area contributed by atoms with Gasteiger partial charge in [-0.2, -0.15) is 0 Å². The van der Waals surface area contributed by atoms with Crippen LogP contribution in [0.5, 0.6) is 0 Å². The standard InChI is InChI=1S/C10H10N2O3S/c1-5-3-4-6(15-5)9-12-7(8(11)16-9)10(13)14-2/h3-4H,11H2,1-2H3. The number of rotatable bonds is 2. The Morgan fingerprint density at radius 2 is 2.31 bits per heavy atom. The number of nitrogen functional groups attached to an aromatic ring is 1. The number of carbonyl (C=O) groups excluding carboxylic acids is 1. The second kappa shape index (κ2) is 3.97. The summed E-state index contributed by atoms with van der Waals surface area (Å²) in [5.74, 6) is 0.844. The van der Waals surface area contributed by atoms with Crippen LogP contribution in [0.25, 0.3) is 10.8 Å².